The normalized spacial score (nSPS) is 18.5. The third-order valence-corrected chi connectivity index (χ3v) is 4.83. The van der Waals surface area contributed by atoms with E-state index in [0.29, 0.717) is 5.69 Å². The van der Waals surface area contributed by atoms with Gasteiger partial charge < -0.3 is 14.8 Å². The largest absolute Gasteiger partial charge is 0.446 e. The van der Waals surface area contributed by atoms with Crippen LogP contribution in [0.4, 0.5) is 16.2 Å². The van der Waals surface area contributed by atoms with E-state index in [1.165, 1.54) is 6.92 Å². The first kappa shape index (κ1) is 19.9. The molecule has 2 atom stereocenters. The van der Waals surface area contributed by atoms with E-state index >= 15 is 0 Å². The summed E-state index contributed by atoms with van der Waals surface area (Å²) in [5, 5.41) is 5.53. The van der Waals surface area contributed by atoms with Gasteiger partial charge in [0.2, 0.25) is 5.91 Å². The van der Waals surface area contributed by atoms with Crippen molar-refractivity contribution in [1.29, 1.82) is 0 Å². The van der Waals surface area contributed by atoms with Crippen molar-refractivity contribution in [3.05, 3.63) is 59.7 Å². The Kier molecular flexibility index (Phi) is 6.66. The molecule has 2 amide bonds. The topological polar surface area (TPSA) is 76.7 Å². The van der Waals surface area contributed by atoms with Crippen LogP contribution < -0.4 is 10.6 Å². The molecular weight excluding hydrogens is 356 g/mol. The zero-order valence-electron chi connectivity index (χ0n) is 16.2. The van der Waals surface area contributed by atoms with Crippen LogP contribution in [0.5, 0.6) is 0 Å². The van der Waals surface area contributed by atoms with Gasteiger partial charge in [0, 0.05) is 31.8 Å². The summed E-state index contributed by atoms with van der Waals surface area (Å²) in [6.07, 6.45) is 2.97. The van der Waals surface area contributed by atoms with Gasteiger partial charge in [-0.1, -0.05) is 24.3 Å². The summed E-state index contributed by atoms with van der Waals surface area (Å²) in [4.78, 5) is 23.1. The van der Waals surface area contributed by atoms with Gasteiger partial charge in [-0.15, -0.1) is 0 Å². The maximum atomic E-state index is 12.0. The number of methoxy groups -OCH3 is 1. The number of anilines is 2. The molecule has 6 heteroatoms. The highest BCUT2D eigenvalue weighted by atomic mass is 16.6. The van der Waals surface area contributed by atoms with Gasteiger partial charge in [-0.2, -0.15) is 0 Å². The summed E-state index contributed by atoms with van der Waals surface area (Å²) in [5.41, 5.74) is 3.76. The van der Waals surface area contributed by atoms with Crippen LogP contribution in [0.15, 0.2) is 48.5 Å². The summed E-state index contributed by atoms with van der Waals surface area (Å²) < 4.78 is 10.7. The second-order valence-corrected chi connectivity index (χ2v) is 7.07. The van der Waals surface area contributed by atoms with Crippen molar-refractivity contribution in [3.63, 3.8) is 0 Å². The quantitative estimate of drug-likeness (QED) is 0.779. The molecule has 0 heterocycles. The van der Waals surface area contributed by atoms with Crippen molar-refractivity contribution in [3.8, 4) is 0 Å². The van der Waals surface area contributed by atoms with Crippen molar-refractivity contribution in [2.24, 2.45) is 0 Å². The lowest BCUT2D eigenvalue weighted by Gasteiger charge is -2.13. The average molecular weight is 382 g/mol. The molecule has 3 rings (SSSR count). The van der Waals surface area contributed by atoms with Gasteiger partial charge in [0.1, 0.15) is 6.10 Å². The van der Waals surface area contributed by atoms with Crippen LogP contribution in [0.25, 0.3) is 0 Å². The molecule has 1 aliphatic carbocycles. The smallest absolute Gasteiger partial charge is 0.411 e. The van der Waals surface area contributed by atoms with E-state index < -0.39 is 6.09 Å². The lowest BCUT2D eigenvalue weighted by molar-refractivity contribution is -0.114. The van der Waals surface area contributed by atoms with Crippen LogP contribution in [-0.2, 0) is 20.7 Å². The van der Waals surface area contributed by atoms with E-state index in [0.717, 1.165) is 42.5 Å². The Morgan fingerprint density at radius 1 is 0.893 bits per heavy atom. The highest BCUT2D eigenvalue weighted by Gasteiger charge is 2.27. The molecule has 2 aromatic rings. The highest BCUT2D eigenvalue weighted by molar-refractivity contribution is 5.88. The molecule has 0 radical (unpaired) electrons. The van der Waals surface area contributed by atoms with Gasteiger partial charge in [0.25, 0.3) is 0 Å². The van der Waals surface area contributed by atoms with Crippen molar-refractivity contribution in [1.82, 2.24) is 0 Å². The Hall–Kier alpha value is -2.86. The van der Waals surface area contributed by atoms with Gasteiger partial charge in [0.15, 0.2) is 0 Å². The molecule has 0 aliphatic heterocycles. The standard InChI is InChI=1S/C22H26N2O4/c1-15(25)23-18-7-3-16(4-8-18)13-17-5-9-19(10-6-17)24-22(26)28-21-12-11-20(14-21)27-2/h3-10,20-21H,11-14H2,1-2H3,(H,23,25)(H,24,26). The fourth-order valence-electron chi connectivity index (χ4n) is 3.37. The van der Waals surface area contributed by atoms with Crippen LogP contribution in [0.3, 0.4) is 0 Å². The minimum Gasteiger partial charge on any atom is -0.446 e. The number of rotatable bonds is 6. The van der Waals surface area contributed by atoms with E-state index in [1.807, 2.05) is 48.5 Å². The molecule has 1 aliphatic rings. The Morgan fingerprint density at radius 2 is 1.43 bits per heavy atom. The molecule has 0 aromatic heterocycles. The summed E-state index contributed by atoms with van der Waals surface area (Å²) in [7, 11) is 1.69. The van der Waals surface area contributed by atoms with E-state index in [4.69, 9.17) is 9.47 Å². The number of benzene rings is 2. The molecule has 1 fully saturated rings. The van der Waals surface area contributed by atoms with Crippen molar-refractivity contribution in [2.45, 2.75) is 44.8 Å². The van der Waals surface area contributed by atoms with E-state index in [9.17, 15) is 9.59 Å². The Labute approximate surface area is 165 Å². The predicted octanol–water partition coefficient (Wildman–Crippen LogP) is 4.35. The van der Waals surface area contributed by atoms with Gasteiger partial charge in [-0.3, -0.25) is 10.1 Å². The van der Waals surface area contributed by atoms with Crippen LogP contribution in [0.2, 0.25) is 0 Å². The second-order valence-electron chi connectivity index (χ2n) is 7.07. The van der Waals surface area contributed by atoms with Crippen molar-refractivity contribution < 1.29 is 19.1 Å². The van der Waals surface area contributed by atoms with Gasteiger partial charge >= 0.3 is 6.09 Å². The van der Waals surface area contributed by atoms with Crippen molar-refractivity contribution >= 4 is 23.4 Å². The first-order valence-corrected chi connectivity index (χ1v) is 9.47. The summed E-state index contributed by atoms with van der Waals surface area (Å²) in [6.45, 7) is 1.49. The molecule has 0 saturated heterocycles. The molecule has 2 N–H and O–H groups in total. The molecule has 0 bridgehead atoms. The first-order valence-electron chi connectivity index (χ1n) is 9.47. The number of ether oxygens (including phenoxy) is 2. The zero-order valence-corrected chi connectivity index (χ0v) is 16.2. The number of carbonyl (C=O) groups excluding carboxylic acids is 2. The Bertz CT molecular complexity index is 802. The molecule has 2 aromatic carbocycles. The number of nitrogens with one attached hydrogen (secondary N) is 2. The number of amides is 2. The minimum absolute atomic E-state index is 0.0790. The predicted molar refractivity (Wildman–Crippen MR) is 109 cm³/mol. The Morgan fingerprint density at radius 3 is 1.93 bits per heavy atom. The lowest BCUT2D eigenvalue weighted by Crippen LogP contribution is -2.21. The summed E-state index contributed by atoms with van der Waals surface area (Å²) >= 11 is 0. The van der Waals surface area contributed by atoms with Crippen LogP contribution in [0.1, 0.15) is 37.3 Å². The van der Waals surface area contributed by atoms with Gasteiger partial charge in [0.05, 0.1) is 6.10 Å². The second kappa shape index (κ2) is 9.37. The van der Waals surface area contributed by atoms with Crippen molar-refractivity contribution in [2.75, 3.05) is 17.7 Å². The lowest BCUT2D eigenvalue weighted by atomic mass is 10.0. The van der Waals surface area contributed by atoms with Gasteiger partial charge in [-0.05, 0) is 54.7 Å². The van der Waals surface area contributed by atoms with E-state index in [1.54, 1.807) is 7.11 Å². The maximum absolute atomic E-state index is 12.0. The molecule has 6 nitrogen and oxygen atoms in total. The highest BCUT2D eigenvalue weighted by Crippen LogP contribution is 2.24. The summed E-state index contributed by atoms with van der Waals surface area (Å²) in [5.74, 6) is -0.0826. The zero-order chi connectivity index (χ0) is 19.9. The summed E-state index contributed by atoms with van der Waals surface area (Å²) in [6, 6.07) is 15.5. The SMILES string of the molecule is COC1CCC(OC(=O)Nc2ccc(Cc3ccc(NC(C)=O)cc3)cc2)C1. The molecule has 0 spiro atoms. The van der Waals surface area contributed by atoms with Gasteiger partial charge in [-0.25, -0.2) is 4.79 Å². The third-order valence-electron chi connectivity index (χ3n) is 4.83. The number of hydrogen-bond acceptors (Lipinski definition) is 4. The number of carbonyl (C=O) groups is 2. The van der Waals surface area contributed by atoms with E-state index in [-0.39, 0.29) is 18.1 Å². The minimum atomic E-state index is -0.428. The maximum Gasteiger partial charge on any atom is 0.411 e. The number of hydrogen-bond donors (Lipinski definition) is 2. The average Bonchev–Trinajstić information content (AvgIpc) is 3.12. The third kappa shape index (κ3) is 5.82. The fraction of sp³-hybridized carbons (Fsp3) is 0.364. The first-order chi connectivity index (χ1) is 13.5. The monoisotopic (exact) mass is 382 g/mol. The molecule has 28 heavy (non-hydrogen) atoms. The van der Waals surface area contributed by atoms with Crippen LogP contribution >= 0.6 is 0 Å². The molecular formula is C22H26N2O4. The fourth-order valence-corrected chi connectivity index (χ4v) is 3.37. The van der Waals surface area contributed by atoms with Crippen LogP contribution in [0, 0.1) is 0 Å². The Balaban J connectivity index is 1.49. The molecule has 148 valence electrons. The van der Waals surface area contributed by atoms with E-state index in [2.05, 4.69) is 10.6 Å². The molecule has 1 saturated carbocycles. The van der Waals surface area contributed by atoms with Crippen LogP contribution in [-0.4, -0.2) is 31.3 Å². The molecule has 2 unspecified atom stereocenters.